The molecule has 1 aliphatic heterocycles. The van der Waals surface area contributed by atoms with Crippen LogP contribution in [0.4, 0.5) is 0 Å². The molecule has 1 aromatic rings. The molecule has 1 aliphatic carbocycles. The van der Waals surface area contributed by atoms with Crippen LogP contribution in [-0.2, 0) is 26.7 Å². The first-order valence-electron chi connectivity index (χ1n) is 8.16. The van der Waals surface area contributed by atoms with Gasteiger partial charge in [0.05, 0.1) is 18.1 Å². The van der Waals surface area contributed by atoms with Crippen LogP contribution in [0.3, 0.4) is 0 Å². The van der Waals surface area contributed by atoms with Crippen LogP contribution in [0.25, 0.3) is 0 Å². The Morgan fingerprint density at radius 3 is 2.87 bits per heavy atom. The molecule has 2 aliphatic rings. The van der Waals surface area contributed by atoms with Crippen molar-refractivity contribution in [3.05, 3.63) is 35.4 Å². The predicted molar refractivity (Wildman–Crippen MR) is 87.7 cm³/mol. The molecule has 3 rings (SSSR count). The number of carbonyl (C=O) groups excluding carboxylic acids is 1. The number of rotatable bonds is 4. The van der Waals surface area contributed by atoms with E-state index >= 15 is 0 Å². The van der Waals surface area contributed by atoms with Crippen molar-refractivity contribution in [2.45, 2.75) is 37.7 Å². The van der Waals surface area contributed by atoms with Crippen molar-refractivity contribution in [1.29, 1.82) is 0 Å². The van der Waals surface area contributed by atoms with Gasteiger partial charge >= 0.3 is 0 Å². The Morgan fingerprint density at radius 1 is 1.35 bits per heavy atom. The van der Waals surface area contributed by atoms with Gasteiger partial charge in [0.2, 0.25) is 5.91 Å². The molecule has 1 amide bonds. The Hall–Kier alpha value is -1.40. The van der Waals surface area contributed by atoms with Gasteiger partial charge in [-0.2, -0.15) is 0 Å². The molecule has 0 aromatic heterocycles. The normalized spacial score (nSPS) is 29.0. The molecular formula is C17H23NO4S. The Kier molecular flexibility index (Phi) is 4.47. The molecular weight excluding hydrogens is 314 g/mol. The molecule has 126 valence electrons. The highest BCUT2D eigenvalue weighted by Gasteiger charge is 2.35. The molecule has 2 N–H and O–H groups in total. The Labute approximate surface area is 137 Å². The van der Waals surface area contributed by atoms with E-state index in [-0.39, 0.29) is 36.3 Å². The summed E-state index contributed by atoms with van der Waals surface area (Å²) >= 11 is 0. The maximum absolute atomic E-state index is 12.1. The number of amides is 1. The first-order valence-corrected chi connectivity index (χ1v) is 9.98. The number of benzene rings is 1. The zero-order chi connectivity index (χ0) is 16.5. The summed E-state index contributed by atoms with van der Waals surface area (Å²) in [6, 6.07) is 7.80. The highest BCUT2D eigenvalue weighted by Crippen LogP contribution is 2.34. The van der Waals surface area contributed by atoms with Crippen molar-refractivity contribution in [2.75, 3.05) is 18.1 Å². The maximum atomic E-state index is 12.1. The summed E-state index contributed by atoms with van der Waals surface area (Å²) < 4.78 is 22.9. The number of aliphatic hydroxyl groups is 1. The molecule has 2 atom stereocenters. The minimum atomic E-state index is -2.96. The van der Waals surface area contributed by atoms with Gasteiger partial charge in [0.1, 0.15) is 5.60 Å². The summed E-state index contributed by atoms with van der Waals surface area (Å²) in [6.07, 6.45) is 3.25. The van der Waals surface area contributed by atoms with Crippen molar-refractivity contribution in [3.63, 3.8) is 0 Å². The zero-order valence-corrected chi connectivity index (χ0v) is 13.9. The first kappa shape index (κ1) is 16.5. The van der Waals surface area contributed by atoms with E-state index in [0.717, 1.165) is 24.0 Å². The fourth-order valence-corrected chi connectivity index (χ4v) is 5.56. The van der Waals surface area contributed by atoms with Crippen molar-refractivity contribution >= 4 is 15.7 Å². The number of hydrogen-bond donors (Lipinski definition) is 2. The van der Waals surface area contributed by atoms with Crippen molar-refractivity contribution in [2.24, 2.45) is 5.92 Å². The summed E-state index contributed by atoms with van der Waals surface area (Å²) in [5, 5.41) is 13.7. The second-order valence-corrected chi connectivity index (χ2v) is 9.02. The molecule has 0 spiro atoms. The quantitative estimate of drug-likeness (QED) is 0.863. The minimum absolute atomic E-state index is 0.0896. The monoisotopic (exact) mass is 337 g/mol. The molecule has 1 saturated heterocycles. The van der Waals surface area contributed by atoms with Gasteiger partial charge in [0, 0.05) is 6.42 Å². The van der Waals surface area contributed by atoms with Crippen LogP contribution in [0.2, 0.25) is 0 Å². The maximum Gasteiger partial charge on any atom is 0.220 e. The molecule has 1 aromatic carbocycles. The number of sulfone groups is 1. The number of aryl methyl sites for hydroxylation is 1. The van der Waals surface area contributed by atoms with Crippen LogP contribution in [0.15, 0.2) is 24.3 Å². The third-order valence-corrected chi connectivity index (χ3v) is 6.77. The molecule has 0 saturated carbocycles. The summed E-state index contributed by atoms with van der Waals surface area (Å²) in [4.78, 5) is 12.1. The molecule has 1 fully saturated rings. The van der Waals surface area contributed by atoms with Gasteiger partial charge in [-0.3, -0.25) is 4.79 Å². The minimum Gasteiger partial charge on any atom is -0.383 e. The van der Waals surface area contributed by atoms with Crippen LogP contribution >= 0.6 is 0 Å². The number of fused-ring (bicyclic) bond motifs is 1. The number of hydrogen-bond acceptors (Lipinski definition) is 4. The van der Waals surface area contributed by atoms with Crippen LogP contribution in [-0.4, -0.2) is 37.5 Å². The van der Waals surface area contributed by atoms with Crippen LogP contribution in [0.5, 0.6) is 0 Å². The largest absolute Gasteiger partial charge is 0.383 e. The Bertz CT molecular complexity index is 700. The lowest BCUT2D eigenvalue weighted by atomic mass is 9.79. The van der Waals surface area contributed by atoms with Gasteiger partial charge in [-0.1, -0.05) is 24.3 Å². The highest BCUT2D eigenvalue weighted by atomic mass is 32.2. The van der Waals surface area contributed by atoms with Gasteiger partial charge in [-0.05, 0) is 42.7 Å². The van der Waals surface area contributed by atoms with E-state index in [0.29, 0.717) is 12.8 Å². The topological polar surface area (TPSA) is 83.5 Å². The van der Waals surface area contributed by atoms with E-state index < -0.39 is 15.4 Å². The van der Waals surface area contributed by atoms with Gasteiger partial charge in [-0.25, -0.2) is 8.42 Å². The second-order valence-electron chi connectivity index (χ2n) is 6.79. The fourth-order valence-electron chi connectivity index (χ4n) is 3.69. The van der Waals surface area contributed by atoms with Gasteiger partial charge in [0.15, 0.2) is 9.84 Å². The van der Waals surface area contributed by atoms with E-state index in [9.17, 15) is 18.3 Å². The van der Waals surface area contributed by atoms with E-state index in [4.69, 9.17) is 0 Å². The molecule has 6 heteroatoms. The SMILES string of the molecule is O=C(C[C@H]1CCS(=O)(=O)C1)NC[C@]1(O)CCCc2ccccc21. The lowest BCUT2D eigenvalue weighted by Gasteiger charge is -2.34. The Balaban J connectivity index is 1.59. The molecule has 0 radical (unpaired) electrons. The summed E-state index contributed by atoms with van der Waals surface area (Å²) in [6.45, 7) is 0.183. The first-order chi connectivity index (χ1) is 10.9. The van der Waals surface area contributed by atoms with Gasteiger partial charge < -0.3 is 10.4 Å². The molecule has 0 unspecified atom stereocenters. The third-order valence-electron chi connectivity index (χ3n) is 4.93. The summed E-state index contributed by atoms with van der Waals surface area (Å²) in [7, 11) is -2.96. The Morgan fingerprint density at radius 2 is 2.13 bits per heavy atom. The smallest absolute Gasteiger partial charge is 0.220 e. The van der Waals surface area contributed by atoms with Crippen molar-refractivity contribution < 1.29 is 18.3 Å². The van der Waals surface area contributed by atoms with E-state index in [1.165, 1.54) is 0 Å². The van der Waals surface area contributed by atoms with Gasteiger partial charge in [0.25, 0.3) is 0 Å². The van der Waals surface area contributed by atoms with E-state index in [1.54, 1.807) is 0 Å². The molecule has 23 heavy (non-hydrogen) atoms. The van der Waals surface area contributed by atoms with E-state index in [2.05, 4.69) is 5.32 Å². The van der Waals surface area contributed by atoms with Crippen molar-refractivity contribution in [1.82, 2.24) is 5.32 Å². The third kappa shape index (κ3) is 3.75. The van der Waals surface area contributed by atoms with E-state index in [1.807, 2.05) is 24.3 Å². The number of nitrogens with one attached hydrogen (secondary N) is 1. The van der Waals surface area contributed by atoms with Crippen LogP contribution < -0.4 is 5.32 Å². The average molecular weight is 337 g/mol. The lowest BCUT2D eigenvalue weighted by molar-refractivity contribution is -0.123. The molecule has 5 nitrogen and oxygen atoms in total. The molecule has 0 bridgehead atoms. The predicted octanol–water partition coefficient (Wildman–Crippen LogP) is 1.15. The second kappa shape index (κ2) is 6.24. The zero-order valence-electron chi connectivity index (χ0n) is 13.1. The van der Waals surface area contributed by atoms with Crippen LogP contribution in [0, 0.1) is 5.92 Å². The highest BCUT2D eigenvalue weighted by molar-refractivity contribution is 7.91. The van der Waals surface area contributed by atoms with Crippen LogP contribution in [0.1, 0.15) is 36.8 Å². The fraction of sp³-hybridized carbons (Fsp3) is 0.588. The number of carbonyl (C=O) groups is 1. The molecule has 1 heterocycles. The summed E-state index contributed by atoms with van der Waals surface area (Å²) in [5.41, 5.74) is 1.01. The van der Waals surface area contributed by atoms with Crippen molar-refractivity contribution in [3.8, 4) is 0 Å². The average Bonchev–Trinajstić information content (AvgIpc) is 2.85. The lowest BCUT2D eigenvalue weighted by Crippen LogP contribution is -2.43. The van der Waals surface area contributed by atoms with Gasteiger partial charge in [-0.15, -0.1) is 0 Å². The standard InChI is InChI=1S/C17H23NO4S/c19-16(10-13-7-9-23(21,22)11-13)18-12-17(20)8-3-5-14-4-1-2-6-15(14)17/h1-2,4,6,13,20H,3,5,7-12H2,(H,18,19)/t13-,17-/m1/s1. The summed E-state index contributed by atoms with van der Waals surface area (Å²) in [5.74, 6) is 0.0207.